The molecular weight excluding hydrogens is 574 g/mol. The van der Waals surface area contributed by atoms with Crippen LogP contribution in [0.15, 0.2) is 60.1 Å². The fourth-order valence-corrected chi connectivity index (χ4v) is 5.87. The van der Waals surface area contributed by atoms with Gasteiger partial charge in [0.2, 0.25) is 11.9 Å². The van der Waals surface area contributed by atoms with E-state index in [4.69, 9.17) is 16.3 Å². The highest BCUT2D eigenvalue weighted by molar-refractivity contribution is 7.92. The lowest BCUT2D eigenvalue weighted by Gasteiger charge is -2.37. The molecule has 12 heteroatoms. The summed E-state index contributed by atoms with van der Waals surface area (Å²) >= 11 is 5.24. The van der Waals surface area contributed by atoms with Crippen LogP contribution in [0.25, 0.3) is 0 Å². The first-order valence-electron chi connectivity index (χ1n) is 13.9. The van der Waals surface area contributed by atoms with Gasteiger partial charge in [-0.15, -0.1) is 0 Å². The molecule has 0 bridgehead atoms. The van der Waals surface area contributed by atoms with Gasteiger partial charge in [-0.3, -0.25) is 9.69 Å². The Balaban J connectivity index is 1.64. The molecule has 1 atom stereocenters. The molecule has 10 nitrogen and oxygen atoms in total. The van der Waals surface area contributed by atoms with Crippen molar-refractivity contribution in [3.8, 4) is 5.75 Å². The molecule has 42 heavy (non-hydrogen) atoms. The number of carbonyl (C=O) groups is 1. The van der Waals surface area contributed by atoms with Crippen LogP contribution in [0.2, 0.25) is 5.02 Å². The summed E-state index contributed by atoms with van der Waals surface area (Å²) in [7, 11) is 1.59. The van der Waals surface area contributed by atoms with Crippen LogP contribution in [-0.4, -0.2) is 70.4 Å². The van der Waals surface area contributed by atoms with Crippen molar-refractivity contribution in [1.82, 2.24) is 14.9 Å². The van der Waals surface area contributed by atoms with Gasteiger partial charge in [0, 0.05) is 32.2 Å². The number of rotatable bonds is 12. The molecule has 3 N–H and O–H groups in total. The van der Waals surface area contributed by atoms with Gasteiger partial charge in [-0.05, 0) is 62.3 Å². The molecule has 1 fully saturated rings. The van der Waals surface area contributed by atoms with E-state index in [0.29, 0.717) is 38.5 Å². The van der Waals surface area contributed by atoms with Crippen LogP contribution < -0.4 is 25.6 Å². The predicted molar refractivity (Wildman–Crippen MR) is 172 cm³/mol. The molecule has 3 aromatic rings. The van der Waals surface area contributed by atoms with Crippen molar-refractivity contribution in [2.75, 3.05) is 60.7 Å². The molecule has 0 saturated carbocycles. The van der Waals surface area contributed by atoms with Gasteiger partial charge in [-0.2, -0.15) is 4.98 Å². The molecule has 1 amide bonds. The maximum Gasteiger partial charge on any atom is 0.247 e. The second-order valence-electron chi connectivity index (χ2n) is 10.1. The van der Waals surface area contributed by atoms with Crippen LogP contribution in [0, 0.1) is 0 Å². The van der Waals surface area contributed by atoms with Gasteiger partial charge in [0.1, 0.15) is 16.0 Å². The summed E-state index contributed by atoms with van der Waals surface area (Å²) in [5.74, 6) is 0.847. The fraction of sp³-hybridized carbons (Fsp3) is 0.367. The number of hydrogen-bond acceptors (Lipinski definition) is 9. The van der Waals surface area contributed by atoms with E-state index >= 15 is 0 Å². The SMILES string of the molecule is C=CC(=O)Nc1cc(Nc2ncc(Cl)c(Nc3ccccc3[S+]([O-])C(C)C)n2)c(OC)cc1N1CCN(CCC)CC1. The summed E-state index contributed by atoms with van der Waals surface area (Å²) in [6.07, 6.45) is 3.84. The van der Waals surface area contributed by atoms with E-state index in [0.717, 1.165) is 44.8 Å². The predicted octanol–water partition coefficient (Wildman–Crippen LogP) is 5.80. The lowest BCUT2D eigenvalue weighted by molar-refractivity contribution is -0.111. The lowest BCUT2D eigenvalue weighted by Crippen LogP contribution is -2.46. The van der Waals surface area contributed by atoms with E-state index in [1.807, 2.05) is 44.2 Å². The number of piperazine rings is 1. The highest BCUT2D eigenvalue weighted by Crippen LogP contribution is 2.39. The Morgan fingerprint density at radius 3 is 2.57 bits per heavy atom. The zero-order valence-electron chi connectivity index (χ0n) is 24.4. The van der Waals surface area contributed by atoms with Gasteiger partial charge in [0.05, 0.1) is 36.1 Å². The molecule has 1 aliphatic rings. The van der Waals surface area contributed by atoms with Crippen LogP contribution in [0.5, 0.6) is 5.75 Å². The second kappa shape index (κ2) is 14.6. The first kappa shape index (κ1) is 31.4. The average molecular weight is 612 g/mol. The zero-order chi connectivity index (χ0) is 30.2. The van der Waals surface area contributed by atoms with E-state index in [2.05, 4.69) is 49.2 Å². The Morgan fingerprint density at radius 2 is 1.90 bits per heavy atom. The number of para-hydroxylation sites is 1. The maximum absolute atomic E-state index is 12.9. The number of amides is 1. The number of methoxy groups -OCH3 is 1. The number of benzene rings is 2. The van der Waals surface area contributed by atoms with Crippen LogP contribution >= 0.6 is 11.6 Å². The lowest BCUT2D eigenvalue weighted by atomic mass is 10.1. The summed E-state index contributed by atoms with van der Waals surface area (Å²) in [5, 5.41) is 9.61. The van der Waals surface area contributed by atoms with E-state index < -0.39 is 11.2 Å². The van der Waals surface area contributed by atoms with Crippen molar-refractivity contribution in [3.63, 3.8) is 0 Å². The van der Waals surface area contributed by atoms with Crippen molar-refractivity contribution in [2.24, 2.45) is 0 Å². The first-order chi connectivity index (χ1) is 20.2. The smallest absolute Gasteiger partial charge is 0.247 e. The van der Waals surface area contributed by atoms with Gasteiger partial charge >= 0.3 is 0 Å². The van der Waals surface area contributed by atoms with Gasteiger partial charge in [-0.25, -0.2) is 4.98 Å². The summed E-state index contributed by atoms with van der Waals surface area (Å²) in [5.41, 5.74) is 2.67. The third kappa shape index (κ3) is 7.65. The Hall–Kier alpha value is -3.51. The molecule has 2 aromatic carbocycles. The van der Waals surface area contributed by atoms with Gasteiger partial charge in [0.25, 0.3) is 0 Å². The second-order valence-corrected chi connectivity index (χ2v) is 12.5. The largest absolute Gasteiger partial charge is 0.611 e. The van der Waals surface area contributed by atoms with Gasteiger partial charge in [0.15, 0.2) is 10.7 Å². The number of hydrogen-bond donors (Lipinski definition) is 3. The van der Waals surface area contributed by atoms with Crippen LogP contribution in [-0.2, 0) is 16.0 Å². The number of nitrogens with one attached hydrogen (secondary N) is 3. The van der Waals surface area contributed by atoms with Crippen LogP contribution in [0.1, 0.15) is 27.2 Å². The molecule has 0 spiro atoms. The summed E-state index contributed by atoms with van der Waals surface area (Å²) in [6, 6.07) is 11.1. The molecular formula is C30H38ClN7O3S. The number of nitrogens with zero attached hydrogens (tertiary/aromatic N) is 4. The van der Waals surface area contributed by atoms with E-state index in [1.54, 1.807) is 13.2 Å². The molecule has 1 aromatic heterocycles. The van der Waals surface area contributed by atoms with Gasteiger partial charge < -0.3 is 30.1 Å². The number of carbonyl (C=O) groups excluding carboxylic acids is 1. The van der Waals surface area contributed by atoms with Crippen LogP contribution in [0.3, 0.4) is 0 Å². The molecule has 1 unspecified atom stereocenters. The average Bonchev–Trinajstić information content (AvgIpc) is 2.99. The molecule has 0 radical (unpaired) electrons. The minimum atomic E-state index is -1.21. The minimum Gasteiger partial charge on any atom is -0.611 e. The van der Waals surface area contributed by atoms with Crippen molar-refractivity contribution in [2.45, 2.75) is 37.3 Å². The van der Waals surface area contributed by atoms with E-state index in [-0.39, 0.29) is 17.1 Å². The van der Waals surface area contributed by atoms with Crippen molar-refractivity contribution in [1.29, 1.82) is 0 Å². The molecule has 224 valence electrons. The Morgan fingerprint density at radius 1 is 1.17 bits per heavy atom. The number of aromatic nitrogens is 2. The Labute approximate surface area is 255 Å². The van der Waals surface area contributed by atoms with Crippen molar-refractivity contribution in [3.05, 3.63) is 60.3 Å². The molecule has 1 saturated heterocycles. The summed E-state index contributed by atoms with van der Waals surface area (Å²) < 4.78 is 18.6. The fourth-order valence-electron chi connectivity index (χ4n) is 4.67. The minimum absolute atomic E-state index is 0.0579. The number of ether oxygens (including phenoxy) is 1. The highest BCUT2D eigenvalue weighted by atomic mass is 35.5. The zero-order valence-corrected chi connectivity index (χ0v) is 26.0. The number of anilines is 6. The molecule has 0 aliphatic carbocycles. The molecule has 1 aliphatic heterocycles. The standard InChI is InChI=1S/C30H38ClN7O3S/c1-6-12-37-13-15-38(16-14-37)25-18-26(41-5)24(17-23(25)33-28(39)7-2)35-30-32-19-21(31)29(36-30)34-22-10-8-9-11-27(22)42(40)20(3)4/h7-11,17-20H,2,6,12-16H2,1,3-5H3,(H,33,39)(H2,32,34,35,36). The Kier molecular flexibility index (Phi) is 10.9. The highest BCUT2D eigenvalue weighted by Gasteiger charge is 2.23. The number of halogens is 1. The monoisotopic (exact) mass is 611 g/mol. The van der Waals surface area contributed by atoms with E-state index in [9.17, 15) is 9.35 Å². The van der Waals surface area contributed by atoms with Crippen molar-refractivity contribution < 1.29 is 14.1 Å². The Bertz CT molecular complexity index is 1400. The quantitative estimate of drug-likeness (QED) is 0.172. The van der Waals surface area contributed by atoms with Gasteiger partial charge in [-0.1, -0.05) is 37.2 Å². The summed E-state index contributed by atoms with van der Waals surface area (Å²) in [4.78, 5) is 26.7. The third-order valence-electron chi connectivity index (χ3n) is 6.79. The maximum atomic E-state index is 12.9. The molecule has 2 heterocycles. The van der Waals surface area contributed by atoms with Crippen molar-refractivity contribution >= 4 is 63.2 Å². The first-order valence-corrected chi connectivity index (χ1v) is 15.5. The normalized spacial score (nSPS) is 14.4. The molecule has 4 rings (SSSR count). The van der Waals surface area contributed by atoms with E-state index in [1.165, 1.54) is 12.3 Å². The summed E-state index contributed by atoms with van der Waals surface area (Å²) in [6.45, 7) is 14.2. The third-order valence-corrected chi connectivity index (χ3v) is 8.71. The van der Waals surface area contributed by atoms with Crippen LogP contribution in [0.4, 0.5) is 34.5 Å². The topological polar surface area (TPSA) is 118 Å².